The molecule has 94 valence electrons. The van der Waals surface area contributed by atoms with Gasteiger partial charge in [0.05, 0.1) is 0 Å². The molecule has 2 N–H and O–H groups in total. The molecular formula is C15H24N2. The van der Waals surface area contributed by atoms with Crippen LogP contribution in [0.4, 0.5) is 0 Å². The van der Waals surface area contributed by atoms with Crippen LogP contribution in [0.25, 0.3) is 0 Å². The van der Waals surface area contributed by atoms with Gasteiger partial charge in [-0.05, 0) is 43.8 Å². The summed E-state index contributed by atoms with van der Waals surface area (Å²) in [5, 5.41) is 0. The van der Waals surface area contributed by atoms with E-state index in [0.717, 1.165) is 25.0 Å². The van der Waals surface area contributed by atoms with E-state index in [1.165, 1.54) is 31.4 Å². The van der Waals surface area contributed by atoms with Gasteiger partial charge < -0.3 is 5.73 Å². The van der Waals surface area contributed by atoms with Crippen LogP contribution in [0, 0.1) is 5.92 Å². The Bertz CT molecular complexity index is 323. The van der Waals surface area contributed by atoms with Crippen molar-refractivity contribution in [2.75, 3.05) is 13.1 Å². The van der Waals surface area contributed by atoms with Gasteiger partial charge in [-0.1, -0.05) is 37.3 Å². The Morgan fingerprint density at radius 1 is 1.29 bits per heavy atom. The number of nitrogens with two attached hydrogens (primary N) is 1. The van der Waals surface area contributed by atoms with Crippen molar-refractivity contribution in [3.8, 4) is 0 Å². The van der Waals surface area contributed by atoms with Gasteiger partial charge in [-0.3, -0.25) is 4.90 Å². The predicted molar refractivity (Wildman–Crippen MR) is 72.7 cm³/mol. The molecule has 17 heavy (non-hydrogen) atoms. The molecule has 1 fully saturated rings. The molecule has 2 atom stereocenters. The van der Waals surface area contributed by atoms with Crippen LogP contribution in [-0.2, 0) is 6.54 Å². The third kappa shape index (κ3) is 3.08. The molecule has 0 spiro atoms. The van der Waals surface area contributed by atoms with Crippen LogP contribution in [0.5, 0.6) is 0 Å². The van der Waals surface area contributed by atoms with Crippen LogP contribution in [0.3, 0.4) is 0 Å². The van der Waals surface area contributed by atoms with Gasteiger partial charge in [0.2, 0.25) is 0 Å². The first kappa shape index (κ1) is 12.6. The van der Waals surface area contributed by atoms with Crippen LogP contribution in [0.15, 0.2) is 30.3 Å². The molecule has 0 amide bonds. The Hall–Kier alpha value is -0.860. The molecule has 2 rings (SSSR count). The number of nitrogens with zero attached hydrogens (tertiary/aromatic N) is 1. The molecule has 0 radical (unpaired) electrons. The third-order valence-electron chi connectivity index (χ3n) is 3.98. The van der Waals surface area contributed by atoms with Gasteiger partial charge in [0, 0.05) is 12.6 Å². The van der Waals surface area contributed by atoms with Gasteiger partial charge in [0.1, 0.15) is 0 Å². The van der Waals surface area contributed by atoms with Gasteiger partial charge in [-0.25, -0.2) is 0 Å². The average Bonchev–Trinajstić information content (AvgIpc) is 2.73. The minimum Gasteiger partial charge on any atom is -0.330 e. The monoisotopic (exact) mass is 232 g/mol. The summed E-state index contributed by atoms with van der Waals surface area (Å²) < 4.78 is 0. The molecule has 1 aliphatic rings. The van der Waals surface area contributed by atoms with Crippen LogP contribution in [-0.4, -0.2) is 24.0 Å². The van der Waals surface area contributed by atoms with E-state index in [1.54, 1.807) is 0 Å². The van der Waals surface area contributed by atoms with E-state index in [0.29, 0.717) is 0 Å². The number of hydrogen-bond donors (Lipinski definition) is 1. The van der Waals surface area contributed by atoms with Crippen LogP contribution < -0.4 is 5.73 Å². The largest absolute Gasteiger partial charge is 0.330 e. The maximum Gasteiger partial charge on any atom is 0.0236 e. The summed E-state index contributed by atoms with van der Waals surface area (Å²) in [6.07, 6.45) is 3.75. The van der Waals surface area contributed by atoms with Crippen molar-refractivity contribution >= 4 is 0 Å². The Labute approximate surface area is 105 Å². The number of rotatable bonds is 5. The first-order chi connectivity index (χ1) is 8.35. The molecule has 1 aromatic carbocycles. The molecule has 0 bridgehead atoms. The van der Waals surface area contributed by atoms with Gasteiger partial charge in [-0.15, -0.1) is 0 Å². The van der Waals surface area contributed by atoms with E-state index in [-0.39, 0.29) is 0 Å². The van der Waals surface area contributed by atoms with Crippen molar-refractivity contribution in [2.45, 2.75) is 38.8 Å². The molecular weight excluding hydrogens is 208 g/mol. The first-order valence-corrected chi connectivity index (χ1v) is 6.83. The lowest BCUT2D eigenvalue weighted by Gasteiger charge is -2.27. The molecule has 0 aromatic heterocycles. The normalized spacial score (nSPS) is 25.3. The topological polar surface area (TPSA) is 29.3 Å². The summed E-state index contributed by atoms with van der Waals surface area (Å²) in [6, 6.07) is 11.5. The molecule has 2 unspecified atom stereocenters. The van der Waals surface area contributed by atoms with Crippen molar-refractivity contribution in [3.63, 3.8) is 0 Å². The minimum absolute atomic E-state index is 0.735. The Morgan fingerprint density at radius 3 is 2.71 bits per heavy atom. The van der Waals surface area contributed by atoms with E-state index < -0.39 is 0 Å². The molecule has 2 nitrogen and oxygen atoms in total. The van der Waals surface area contributed by atoms with E-state index in [4.69, 9.17) is 5.73 Å². The summed E-state index contributed by atoms with van der Waals surface area (Å²) in [6.45, 7) is 5.47. The van der Waals surface area contributed by atoms with Crippen molar-refractivity contribution < 1.29 is 0 Å². The molecule has 1 heterocycles. The Kier molecular flexibility index (Phi) is 4.57. The highest BCUT2D eigenvalue weighted by Gasteiger charge is 2.31. The van der Waals surface area contributed by atoms with Crippen molar-refractivity contribution in [3.05, 3.63) is 35.9 Å². The maximum atomic E-state index is 5.70. The quantitative estimate of drug-likeness (QED) is 0.845. The second-order valence-electron chi connectivity index (χ2n) is 5.06. The standard InChI is InChI=1S/C15H24N2/c1-2-15-14(8-10-16)9-11-17(15)12-13-6-4-3-5-7-13/h3-7,14-15H,2,8-12,16H2,1H3. The second kappa shape index (κ2) is 6.18. The first-order valence-electron chi connectivity index (χ1n) is 6.83. The molecule has 1 aliphatic heterocycles. The zero-order valence-electron chi connectivity index (χ0n) is 10.8. The van der Waals surface area contributed by atoms with Gasteiger partial charge >= 0.3 is 0 Å². The average molecular weight is 232 g/mol. The SMILES string of the molecule is CCC1C(CCN)CCN1Cc1ccccc1. The highest BCUT2D eigenvalue weighted by molar-refractivity contribution is 5.15. The van der Waals surface area contributed by atoms with Gasteiger partial charge in [0.25, 0.3) is 0 Å². The zero-order valence-corrected chi connectivity index (χ0v) is 10.8. The Morgan fingerprint density at radius 2 is 2.06 bits per heavy atom. The number of benzene rings is 1. The third-order valence-corrected chi connectivity index (χ3v) is 3.98. The summed E-state index contributed by atoms with van der Waals surface area (Å²) >= 11 is 0. The predicted octanol–water partition coefficient (Wildman–Crippen LogP) is 2.64. The lowest BCUT2D eigenvalue weighted by Crippen LogP contribution is -2.32. The molecule has 0 saturated carbocycles. The number of hydrogen-bond acceptors (Lipinski definition) is 2. The summed E-state index contributed by atoms with van der Waals surface area (Å²) in [5.74, 6) is 0.814. The maximum absolute atomic E-state index is 5.70. The molecule has 0 aliphatic carbocycles. The summed E-state index contributed by atoms with van der Waals surface area (Å²) in [7, 11) is 0. The van der Waals surface area contributed by atoms with Crippen molar-refractivity contribution in [2.24, 2.45) is 11.7 Å². The summed E-state index contributed by atoms with van der Waals surface area (Å²) in [5.41, 5.74) is 7.13. The number of likely N-dealkylation sites (tertiary alicyclic amines) is 1. The van der Waals surface area contributed by atoms with Crippen molar-refractivity contribution in [1.29, 1.82) is 0 Å². The van der Waals surface area contributed by atoms with Gasteiger partial charge in [0.15, 0.2) is 0 Å². The fourth-order valence-electron chi connectivity index (χ4n) is 3.14. The Balaban J connectivity index is 1.97. The highest BCUT2D eigenvalue weighted by Crippen LogP contribution is 2.30. The van der Waals surface area contributed by atoms with Crippen LogP contribution >= 0.6 is 0 Å². The lowest BCUT2D eigenvalue weighted by atomic mass is 9.95. The minimum atomic E-state index is 0.735. The van der Waals surface area contributed by atoms with Crippen molar-refractivity contribution in [1.82, 2.24) is 4.90 Å². The highest BCUT2D eigenvalue weighted by atomic mass is 15.2. The molecule has 1 saturated heterocycles. The van der Waals surface area contributed by atoms with E-state index in [9.17, 15) is 0 Å². The molecule has 2 heteroatoms. The van der Waals surface area contributed by atoms with E-state index in [1.807, 2.05) is 0 Å². The summed E-state index contributed by atoms with van der Waals surface area (Å²) in [4.78, 5) is 2.63. The van der Waals surface area contributed by atoms with E-state index >= 15 is 0 Å². The zero-order chi connectivity index (χ0) is 12.1. The fourth-order valence-corrected chi connectivity index (χ4v) is 3.14. The van der Waals surface area contributed by atoms with E-state index in [2.05, 4.69) is 42.2 Å². The van der Waals surface area contributed by atoms with Crippen LogP contribution in [0.1, 0.15) is 31.7 Å². The smallest absolute Gasteiger partial charge is 0.0236 e. The lowest BCUT2D eigenvalue weighted by molar-refractivity contribution is 0.208. The van der Waals surface area contributed by atoms with Crippen LogP contribution in [0.2, 0.25) is 0 Å². The second-order valence-corrected chi connectivity index (χ2v) is 5.06. The van der Waals surface area contributed by atoms with Gasteiger partial charge in [-0.2, -0.15) is 0 Å². The fraction of sp³-hybridized carbons (Fsp3) is 0.600. The molecule has 1 aromatic rings.